The molecule has 0 saturated carbocycles. The first-order valence-corrected chi connectivity index (χ1v) is 6.52. The van der Waals surface area contributed by atoms with E-state index in [-0.39, 0.29) is 5.78 Å². The molecule has 2 aromatic carbocycles. The number of hydrogen-bond donors (Lipinski definition) is 0. The van der Waals surface area contributed by atoms with E-state index in [1.165, 1.54) is 0 Å². The summed E-state index contributed by atoms with van der Waals surface area (Å²) in [5.74, 6) is 2.01. The smallest absolute Gasteiger partial charge is 0.159 e. The molecule has 0 spiro atoms. The van der Waals surface area contributed by atoms with Crippen LogP contribution in [0.3, 0.4) is 0 Å². The zero-order valence-electron chi connectivity index (χ0n) is 12.6. The predicted octanol–water partition coefficient (Wildman–Crippen LogP) is 3.58. The van der Waals surface area contributed by atoms with Crippen LogP contribution < -0.4 is 14.2 Å². The summed E-state index contributed by atoms with van der Waals surface area (Å²) in [4.78, 5) is 11.4. The van der Waals surface area contributed by atoms with E-state index >= 15 is 0 Å². The average molecular weight is 286 g/mol. The molecule has 0 aliphatic heterocycles. The fraction of sp³-hybridized carbons (Fsp3) is 0.235. The molecule has 0 aromatic heterocycles. The summed E-state index contributed by atoms with van der Waals surface area (Å²) in [6.45, 7) is 1.55. The van der Waals surface area contributed by atoms with Crippen molar-refractivity contribution in [3.8, 4) is 28.4 Å². The molecule has 0 heterocycles. The topological polar surface area (TPSA) is 44.8 Å². The Balaban J connectivity index is 2.58. The van der Waals surface area contributed by atoms with E-state index in [9.17, 15) is 4.79 Å². The first-order valence-electron chi connectivity index (χ1n) is 6.52. The fourth-order valence-corrected chi connectivity index (χ4v) is 2.16. The lowest BCUT2D eigenvalue weighted by molar-refractivity contribution is 0.101. The molecule has 0 atom stereocenters. The summed E-state index contributed by atoms with van der Waals surface area (Å²) in [5.41, 5.74) is 2.41. The van der Waals surface area contributed by atoms with Gasteiger partial charge in [-0.25, -0.2) is 0 Å². The number of ether oxygens (including phenoxy) is 3. The van der Waals surface area contributed by atoms with Crippen LogP contribution >= 0.6 is 0 Å². The van der Waals surface area contributed by atoms with Gasteiger partial charge >= 0.3 is 0 Å². The van der Waals surface area contributed by atoms with Gasteiger partial charge in [0.25, 0.3) is 0 Å². The average Bonchev–Trinajstić information content (AvgIpc) is 2.53. The molecule has 0 aliphatic rings. The SMILES string of the molecule is COc1cc(OC)c(-c2ccc(C(C)=O)cc2)c(OC)c1. The maximum atomic E-state index is 11.4. The number of hydrogen-bond acceptors (Lipinski definition) is 4. The van der Waals surface area contributed by atoms with Crippen molar-refractivity contribution in [1.29, 1.82) is 0 Å². The Morgan fingerprint density at radius 3 is 1.76 bits per heavy atom. The number of benzene rings is 2. The largest absolute Gasteiger partial charge is 0.496 e. The number of carbonyl (C=O) groups excluding carboxylic acids is 1. The Morgan fingerprint density at radius 1 is 0.857 bits per heavy atom. The Hall–Kier alpha value is -2.49. The summed E-state index contributed by atoms with van der Waals surface area (Å²) in [6, 6.07) is 10.9. The first-order chi connectivity index (χ1) is 10.1. The van der Waals surface area contributed by atoms with Crippen molar-refractivity contribution < 1.29 is 19.0 Å². The lowest BCUT2D eigenvalue weighted by Crippen LogP contribution is -1.96. The first kappa shape index (κ1) is 14.9. The van der Waals surface area contributed by atoms with Gasteiger partial charge in [-0.2, -0.15) is 0 Å². The molecule has 21 heavy (non-hydrogen) atoms. The van der Waals surface area contributed by atoms with E-state index in [0.29, 0.717) is 22.8 Å². The highest BCUT2D eigenvalue weighted by molar-refractivity contribution is 5.94. The molecule has 2 aromatic rings. The van der Waals surface area contributed by atoms with E-state index in [2.05, 4.69) is 0 Å². The van der Waals surface area contributed by atoms with Crippen LogP contribution in [0, 0.1) is 0 Å². The zero-order valence-corrected chi connectivity index (χ0v) is 12.6. The summed E-state index contributed by atoms with van der Waals surface area (Å²) >= 11 is 0. The number of rotatable bonds is 5. The van der Waals surface area contributed by atoms with Gasteiger partial charge < -0.3 is 14.2 Å². The fourth-order valence-electron chi connectivity index (χ4n) is 2.16. The van der Waals surface area contributed by atoms with Crippen molar-refractivity contribution in [2.75, 3.05) is 21.3 Å². The highest BCUT2D eigenvalue weighted by Gasteiger charge is 2.15. The minimum Gasteiger partial charge on any atom is -0.496 e. The van der Waals surface area contributed by atoms with Crippen LogP contribution in [-0.4, -0.2) is 27.1 Å². The van der Waals surface area contributed by atoms with Gasteiger partial charge in [0, 0.05) is 17.7 Å². The second kappa shape index (κ2) is 6.31. The highest BCUT2D eigenvalue weighted by Crippen LogP contribution is 2.41. The maximum Gasteiger partial charge on any atom is 0.159 e. The molecule has 110 valence electrons. The third-order valence-electron chi connectivity index (χ3n) is 3.30. The Labute approximate surface area is 124 Å². The third-order valence-corrected chi connectivity index (χ3v) is 3.30. The monoisotopic (exact) mass is 286 g/mol. The zero-order chi connectivity index (χ0) is 15.4. The van der Waals surface area contributed by atoms with E-state index in [1.807, 2.05) is 12.1 Å². The molecule has 4 heteroatoms. The minimum atomic E-state index is 0.0372. The molecule has 0 bridgehead atoms. The van der Waals surface area contributed by atoms with Crippen molar-refractivity contribution in [2.24, 2.45) is 0 Å². The van der Waals surface area contributed by atoms with Gasteiger partial charge in [-0.3, -0.25) is 4.79 Å². The highest BCUT2D eigenvalue weighted by atomic mass is 16.5. The molecule has 2 rings (SSSR count). The molecule has 4 nitrogen and oxygen atoms in total. The number of Topliss-reactive ketones (excluding diaryl/α,β-unsaturated/α-hetero) is 1. The van der Waals surface area contributed by atoms with E-state index in [4.69, 9.17) is 14.2 Å². The Bertz CT molecular complexity index is 619. The van der Waals surface area contributed by atoms with Gasteiger partial charge in [0.2, 0.25) is 0 Å². The number of ketones is 1. The van der Waals surface area contributed by atoms with Crippen LogP contribution in [0.4, 0.5) is 0 Å². The van der Waals surface area contributed by atoms with Crippen LogP contribution in [-0.2, 0) is 0 Å². The maximum absolute atomic E-state index is 11.4. The van der Waals surface area contributed by atoms with Crippen LogP contribution in [0.1, 0.15) is 17.3 Å². The lowest BCUT2D eigenvalue weighted by Gasteiger charge is -2.15. The van der Waals surface area contributed by atoms with Crippen molar-refractivity contribution in [2.45, 2.75) is 6.92 Å². The molecule has 0 unspecified atom stereocenters. The van der Waals surface area contributed by atoms with Crippen LogP contribution in [0.2, 0.25) is 0 Å². The van der Waals surface area contributed by atoms with Gasteiger partial charge in [0.15, 0.2) is 5.78 Å². The molecule has 0 saturated heterocycles. The van der Waals surface area contributed by atoms with Crippen molar-refractivity contribution in [3.05, 3.63) is 42.0 Å². The van der Waals surface area contributed by atoms with E-state index in [1.54, 1.807) is 52.5 Å². The molecule has 0 aliphatic carbocycles. The molecular weight excluding hydrogens is 268 g/mol. The molecule has 0 amide bonds. The van der Waals surface area contributed by atoms with Gasteiger partial charge in [-0.05, 0) is 12.5 Å². The van der Waals surface area contributed by atoms with Crippen LogP contribution in [0.5, 0.6) is 17.2 Å². The molecule has 0 N–H and O–H groups in total. The quantitative estimate of drug-likeness (QED) is 0.788. The molecule has 0 fully saturated rings. The number of methoxy groups -OCH3 is 3. The molecular formula is C17H18O4. The van der Waals surface area contributed by atoms with Gasteiger partial charge in [-0.15, -0.1) is 0 Å². The number of carbonyl (C=O) groups is 1. The lowest BCUT2D eigenvalue weighted by atomic mass is 10.0. The van der Waals surface area contributed by atoms with Crippen LogP contribution in [0.25, 0.3) is 11.1 Å². The van der Waals surface area contributed by atoms with E-state index in [0.717, 1.165) is 11.1 Å². The third kappa shape index (κ3) is 2.99. The predicted molar refractivity (Wildman–Crippen MR) is 81.5 cm³/mol. The van der Waals surface area contributed by atoms with E-state index < -0.39 is 0 Å². The van der Waals surface area contributed by atoms with Crippen molar-refractivity contribution >= 4 is 5.78 Å². The van der Waals surface area contributed by atoms with Gasteiger partial charge in [0.1, 0.15) is 17.2 Å². The van der Waals surface area contributed by atoms with Crippen LogP contribution in [0.15, 0.2) is 36.4 Å². The minimum absolute atomic E-state index is 0.0372. The second-order valence-corrected chi connectivity index (χ2v) is 4.54. The summed E-state index contributed by atoms with van der Waals surface area (Å²) in [6.07, 6.45) is 0. The summed E-state index contributed by atoms with van der Waals surface area (Å²) in [7, 11) is 4.79. The Morgan fingerprint density at radius 2 is 1.38 bits per heavy atom. The normalized spacial score (nSPS) is 10.1. The second-order valence-electron chi connectivity index (χ2n) is 4.54. The summed E-state index contributed by atoms with van der Waals surface area (Å²) in [5, 5.41) is 0. The molecule has 0 radical (unpaired) electrons. The standard InChI is InChI=1S/C17H18O4/c1-11(18)12-5-7-13(8-6-12)17-15(20-3)9-14(19-2)10-16(17)21-4/h5-10H,1-4H3. The summed E-state index contributed by atoms with van der Waals surface area (Å²) < 4.78 is 16.1. The van der Waals surface area contributed by atoms with Gasteiger partial charge in [0.05, 0.1) is 26.9 Å². The van der Waals surface area contributed by atoms with Gasteiger partial charge in [-0.1, -0.05) is 24.3 Å². The Kier molecular flexibility index (Phi) is 4.48. The van der Waals surface area contributed by atoms with Crippen molar-refractivity contribution in [3.63, 3.8) is 0 Å². The van der Waals surface area contributed by atoms with Crippen molar-refractivity contribution in [1.82, 2.24) is 0 Å².